The van der Waals surface area contributed by atoms with Crippen LogP contribution in [-0.2, 0) is 4.79 Å². The molecule has 1 unspecified atom stereocenters. The maximum atomic E-state index is 10.8. The van der Waals surface area contributed by atoms with Gasteiger partial charge in [-0.2, -0.15) is 0 Å². The Bertz CT molecular complexity index is 147. The molecular formula is C6H12N2OS. The van der Waals surface area contributed by atoms with Crippen molar-refractivity contribution >= 4 is 23.1 Å². The highest BCUT2D eigenvalue weighted by Crippen LogP contribution is 2.00. The van der Waals surface area contributed by atoms with E-state index >= 15 is 0 Å². The van der Waals surface area contributed by atoms with Crippen molar-refractivity contribution in [3.63, 3.8) is 0 Å². The summed E-state index contributed by atoms with van der Waals surface area (Å²) in [5.41, 5.74) is 5.24. The zero-order valence-electron chi connectivity index (χ0n) is 6.18. The number of nitrogens with two attached hydrogens (primary N) is 1. The van der Waals surface area contributed by atoms with Crippen LogP contribution in [0.2, 0.25) is 0 Å². The molecule has 0 heterocycles. The number of carbonyl (C=O) groups excluding carboxylic acids is 1. The van der Waals surface area contributed by atoms with Gasteiger partial charge in [-0.15, -0.1) is 0 Å². The smallest absolute Gasteiger partial charge is 0.222 e. The van der Waals surface area contributed by atoms with Gasteiger partial charge in [-0.3, -0.25) is 4.79 Å². The van der Waals surface area contributed by atoms with E-state index in [1.807, 2.05) is 0 Å². The van der Waals surface area contributed by atoms with Crippen molar-refractivity contribution in [2.45, 2.75) is 13.3 Å². The third-order valence-corrected chi connectivity index (χ3v) is 1.37. The number of amides is 1. The normalized spacial score (nSPS) is 12.2. The Morgan fingerprint density at radius 3 is 2.60 bits per heavy atom. The number of thiocarbonyl (C=S) groups is 1. The van der Waals surface area contributed by atoms with Crippen LogP contribution < -0.4 is 11.1 Å². The van der Waals surface area contributed by atoms with Gasteiger partial charge in [0.25, 0.3) is 0 Å². The third kappa shape index (κ3) is 3.40. The first kappa shape index (κ1) is 9.36. The summed E-state index contributed by atoms with van der Waals surface area (Å²) in [6.07, 6.45) is 0.481. The van der Waals surface area contributed by atoms with E-state index < -0.39 is 0 Å². The minimum Gasteiger partial charge on any atom is -0.393 e. The first-order valence-electron chi connectivity index (χ1n) is 3.07. The van der Waals surface area contributed by atoms with Crippen LogP contribution in [0, 0.1) is 5.92 Å². The van der Waals surface area contributed by atoms with Gasteiger partial charge in [0.2, 0.25) is 5.91 Å². The van der Waals surface area contributed by atoms with E-state index in [0.29, 0.717) is 11.4 Å². The van der Waals surface area contributed by atoms with E-state index in [2.05, 4.69) is 17.5 Å². The van der Waals surface area contributed by atoms with Gasteiger partial charge in [0, 0.05) is 19.4 Å². The molecule has 0 aromatic heterocycles. The predicted octanol–water partition coefficient (Wildman–Crippen LogP) is 0.0447. The topological polar surface area (TPSA) is 55.1 Å². The predicted molar refractivity (Wildman–Crippen MR) is 44.6 cm³/mol. The molecule has 0 aliphatic carbocycles. The molecule has 10 heavy (non-hydrogen) atoms. The van der Waals surface area contributed by atoms with Crippen molar-refractivity contribution < 1.29 is 4.79 Å². The molecule has 0 fully saturated rings. The average molecular weight is 160 g/mol. The first-order chi connectivity index (χ1) is 4.57. The van der Waals surface area contributed by atoms with Crippen molar-refractivity contribution in [2.75, 3.05) is 7.05 Å². The molecule has 1 atom stereocenters. The summed E-state index contributed by atoms with van der Waals surface area (Å²) in [6, 6.07) is 0. The van der Waals surface area contributed by atoms with E-state index in [0.717, 1.165) is 0 Å². The molecule has 0 aromatic rings. The van der Waals surface area contributed by atoms with Gasteiger partial charge in [0.15, 0.2) is 0 Å². The van der Waals surface area contributed by atoms with Crippen LogP contribution in [0.4, 0.5) is 0 Å². The molecule has 1 amide bonds. The highest BCUT2D eigenvalue weighted by atomic mass is 32.1. The molecule has 0 saturated heterocycles. The lowest BCUT2D eigenvalue weighted by Crippen LogP contribution is -2.28. The Balaban J connectivity index is 3.72. The molecule has 0 saturated carbocycles. The summed E-state index contributed by atoms with van der Waals surface area (Å²) >= 11 is 4.64. The Hall–Kier alpha value is -0.640. The van der Waals surface area contributed by atoms with Crippen LogP contribution in [-0.4, -0.2) is 17.9 Å². The van der Waals surface area contributed by atoms with E-state index in [-0.39, 0.29) is 11.8 Å². The van der Waals surface area contributed by atoms with Crippen LogP contribution in [0.3, 0.4) is 0 Å². The number of hydrogen-bond acceptors (Lipinski definition) is 2. The Morgan fingerprint density at radius 1 is 1.80 bits per heavy atom. The first-order valence-corrected chi connectivity index (χ1v) is 3.48. The lowest BCUT2D eigenvalue weighted by atomic mass is 10.1. The molecule has 0 aliphatic rings. The van der Waals surface area contributed by atoms with Gasteiger partial charge in [0.1, 0.15) is 0 Å². The summed E-state index contributed by atoms with van der Waals surface area (Å²) < 4.78 is 0. The summed E-state index contributed by atoms with van der Waals surface area (Å²) in [5, 5.41) is 2.52. The van der Waals surface area contributed by atoms with Gasteiger partial charge in [-0.25, -0.2) is 0 Å². The van der Waals surface area contributed by atoms with Gasteiger partial charge in [0.05, 0.1) is 4.99 Å². The molecule has 0 bridgehead atoms. The van der Waals surface area contributed by atoms with E-state index in [1.165, 1.54) is 0 Å². The van der Waals surface area contributed by atoms with Crippen LogP contribution in [0.1, 0.15) is 13.3 Å². The lowest BCUT2D eigenvalue weighted by molar-refractivity contribution is -0.123. The van der Waals surface area contributed by atoms with Crippen molar-refractivity contribution in [3.05, 3.63) is 0 Å². The fourth-order valence-electron chi connectivity index (χ4n) is 0.641. The molecule has 0 spiro atoms. The highest BCUT2D eigenvalue weighted by Gasteiger charge is 2.10. The fraction of sp³-hybridized carbons (Fsp3) is 0.667. The standard InChI is InChI=1S/C6H12N2OS/c1-4(3-5(7)10)6(9)8-2/h4H,3H2,1-2H3,(H2,7,10)(H,8,9). The number of carbonyl (C=O) groups is 1. The molecular weight excluding hydrogens is 148 g/mol. The summed E-state index contributed by atoms with van der Waals surface area (Å²) in [7, 11) is 1.60. The van der Waals surface area contributed by atoms with Crippen molar-refractivity contribution in [1.29, 1.82) is 0 Å². The van der Waals surface area contributed by atoms with Gasteiger partial charge in [-0.05, 0) is 0 Å². The van der Waals surface area contributed by atoms with E-state index in [9.17, 15) is 4.79 Å². The molecule has 0 rings (SSSR count). The Kier molecular flexibility index (Phi) is 3.95. The molecule has 3 N–H and O–H groups in total. The minimum atomic E-state index is -0.109. The van der Waals surface area contributed by atoms with Crippen LogP contribution >= 0.6 is 12.2 Å². The number of nitrogens with one attached hydrogen (secondary N) is 1. The van der Waals surface area contributed by atoms with Crippen molar-refractivity contribution in [2.24, 2.45) is 11.7 Å². The Labute approximate surface area is 66.0 Å². The maximum absolute atomic E-state index is 10.8. The zero-order chi connectivity index (χ0) is 8.15. The minimum absolute atomic E-state index is 0.0206. The quantitative estimate of drug-likeness (QED) is 0.573. The van der Waals surface area contributed by atoms with Crippen molar-refractivity contribution in [3.8, 4) is 0 Å². The molecule has 58 valence electrons. The second-order valence-electron chi connectivity index (χ2n) is 2.19. The average Bonchev–Trinajstić information content (AvgIpc) is 1.85. The monoisotopic (exact) mass is 160 g/mol. The van der Waals surface area contributed by atoms with E-state index in [1.54, 1.807) is 14.0 Å². The van der Waals surface area contributed by atoms with Crippen molar-refractivity contribution in [1.82, 2.24) is 5.32 Å². The highest BCUT2D eigenvalue weighted by molar-refractivity contribution is 7.80. The van der Waals surface area contributed by atoms with Gasteiger partial charge >= 0.3 is 0 Å². The van der Waals surface area contributed by atoms with Crippen LogP contribution in [0.5, 0.6) is 0 Å². The molecule has 4 heteroatoms. The molecule has 0 aromatic carbocycles. The second kappa shape index (κ2) is 4.22. The zero-order valence-corrected chi connectivity index (χ0v) is 6.99. The van der Waals surface area contributed by atoms with E-state index in [4.69, 9.17) is 5.73 Å². The van der Waals surface area contributed by atoms with Crippen LogP contribution in [0.15, 0.2) is 0 Å². The van der Waals surface area contributed by atoms with Gasteiger partial charge < -0.3 is 11.1 Å². The maximum Gasteiger partial charge on any atom is 0.222 e. The largest absolute Gasteiger partial charge is 0.393 e. The summed E-state index contributed by atoms with van der Waals surface area (Å²) in [4.78, 5) is 11.2. The molecule has 0 aliphatic heterocycles. The molecule has 0 radical (unpaired) electrons. The Morgan fingerprint density at radius 2 is 2.30 bits per heavy atom. The third-order valence-electron chi connectivity index (χ3n) is 1.20. The summed E-state index contributed by atoms with van der Waals surface area (Å²) in [5.74, 6) is -0.129. The molecule has 3 nitrogen and oxygen atoms in total. The number of hydrogen-bond donors (Lipinski definition) is 2. The fourth-order valence-corrected chi connectivity index (χ4v) is 0.891. The second-order valence-corrected chi connectivity index (χ2v) is 2.71. The lowest BCUT2D eigenvalue weighted by Gasteiger charge is -2.06. The SMILES string of the molecule is CNC(=O)C(C)CC(N)=S. The number of rotatable bonds is 3. The summed E-state index contributed by atoms with van der Waals surface area (Å²) in [6.45, 7) is 1.79. The van der Waals surface area contributed by atoms with Gasteiger partial charge in [-0.1, -0.05) is 19.1 Å². The van der Waals surface area contributed by atoms with Crippen LogP contribution in [0.25, 0.3) is 0 Å².